The standard InChI is InChI=1S/C17H25NO2/c1-4-18(14-17(2,3)20)13-16-11-6-5-9-15(16)10-7-8-12-19/h5-6,9,11,19-20H,4,8,12-14H2,1-3H3. The van der Waals surface area contributed by atoms with Crippen LogP contribution in [0.4, 0.5) is 0 Å². The molecule has 0 heterocycles. The molecule has 0 radical (unpaired) electrons. The topological polar surface area (TPSA) is 43.7 Å². The molecular formula is C17H25NO2. The van der Waals surface area contributed by atoms with Gasteiger partial charge in [0.05, 0.1) is 12.2 Å². The van der Waals surface area contributed by atoms with Crippen LogP contribution in [0, 0.1) is 11.8 Å². The lowest BCUT2D eigenvalue weighted by Crippen LogP contribution is -2.38. The molecule has 0 atom stereocenters. The Morgan fingerprint density at radius 3 is 2.55 bits per heavy atom. The van der Waals surface area contributed by atoms with Gasteiger partial charge in [0, 0.05) is 25.1 Å². The van der Waals surface area contributed by atoms with Gasteiger partial charge in [-0.05, 0) is 32.0 Å². The van der Waals surface area contributed by atoms with Crippen molar-refractivity contribution in [2.45, 2.75) is 39.3 Å². The van der Waals surface area contributed by atoms with Gasteiger partial charge in [0.2, 0.25) is 0 Å². The van der Waals surface area contributed by atoms with Crippen molar-refractivity contribution in [3.05, 3.63) is 35.4 Å². The van der Waals surface area contributed by atoms with Gasteiger partial charge in [0.1, 0.15) is 0 Å². The monoisotopic (exact) mass is 275 g/mol. The van der Waals surface area contributed by atoms with Crippen LogP contribution >= 0.6 is 0 Å². The molecule has 0 aliphatic rings. The lowest BCUT2D eigenvalue weighted by molar-refractivity contribution is 0.0353. The molecule has 0 unspecified atom stereocenters. The second-order valence-corrected chi connectivity index (χ2v) is 5.55. The maximum Gasteiger partial charge on any atom is 0.0718 e. The van der Waals surface area contributed by atoms with E-state index in [0.717, 1.165) is 24.2 Å². The molecule has 2 N–H and O–H groups in total. The zero-order chi connectivity index (χ0) is 15.0. The highest BCUT2D eigenvalue weighted by Crippen LogP contribution is 2.13. The molecule has 0 aliphatic heterocycles. The van der Waals surface area contributed by atoms with Crippen molar-refractivity contribution < 1.29 is 10.2 Å². The summed E-state index contributed by atoms with van der Waals surface area (Å²) in [5.41, 5.74) is 1.45. The van der Waals surface area contributed by atoms with E-state index in [1.165, 1.54) is 0 Å². The first kappa shape index (κ1) is 16.7. The number of hydrogen-bond acceptors (Lipinski definition) is 3. The molecule has 0 spiro atoms. The van der Waals surface area contributed by atoms with Crippen molar-refractivity contribution in [3.8, 4) is 11.8 Å². The molecule has 1 rings (SSSR count). The highest BCUT2D eigenvalue weighted by atomic mass is 16.3. The predicted octanol–water partition coefficient (Wildman–Crippen LogP) is 2.01. The normalized spacial score (nSPS) is 11.3. The van der Waals surface area contributed by atoms with E-state index in [1.807, 2.05) is 32.0 Å². The van der Waals surface area contributed by atoms with Gasteiger partial charge in [-0.3, -0.25) is 4.90 Å². The first-order valence-electron chi connectivity index (χ1n) is 7.08. The van der Waals surface area contributed by atoms with E-state index in [1.54, 1.807) is 0 Å². The van der Waals surface area contributed by atoms with Gasteiger partial charge in [0.15, 0.2) is 0 Å². The van der Waals surface area contributed by atoms with Crippen molar-refractivity contribution in [2.75, 3.05) is 19.7 Å². The van der Waals surface area contributed by atoms with Gasteiger partial charge in [-0.2, -0.15) is 0 Å². The van der Waals surface area contributed by atoms with Crippen LogP contribution in [-0.4, -0.2) is 40.4 Å². The lowest BCUT2D eigenvalue weighted by Gasteiger charge is -2.28. The highest BCUT2D eigenvalue weighted by Gasteiger charge is 2.17. The molecule has 1 aromatic rings. The molecule has 0 saturated heterocycles. The SMILES string of the molecule is CCN(Cc1ccccc1C#CCCO)CC(C)(C)O. The van der Waals surface area contributed by atoms with Gasteiger partial charge in [-0.15, -0.1) is 0 Å². The van der Waals surface area contributed by atoms with E-state index in [2.05, 4.69) is 29.7 Å². The van der Waals surface area contributed by atoms with Crippen molar-refractivity contribution in [1.29, 1.82) is 0 Å². The van der Waals surface area contributed by atoms with Crippen LogP contribution in [0.15, 0.2) is 24.3 Å². The van der Waals surface area contributed by atoms with Gasteiger partial charge in [-0.1, -0.05) is 37.0 Å². The Balaban J connectivity index is 2.83. The number of hydrogen-bond donors (Lipinski definition) is 2. The third kappa shape index (κ3) is 6.21. The third-order valence-corrected chi connectivity index (χ3v) is 2.93. The van der Waals surface area contributed by atoms with E-state index in [4.69, 9.17) is 5.11 Å². The van der Waals surface area contributed by atoms with Crippen molar-refractivity contribution in [3.63, 3.8) is 0 Å². The zero-order valence-electron chi connectivity index (χ0n) is 12.7. The average molecular weight is 275 g/mol. The van der Waals surface area contributed by atoms with E-state index in [0.29, 0.717) is 13.0 Å². The van der Waals surface area contributed by atoms with Crippen molar-refractivity contribution >= 4 is 0 Å². The van der Waals surface area contributed by atoms with E-state index < -0.39 is 5.60 Å². The highest BCUT2D eigenvalue weighted by molar-refractivity contribution is 5.41. The molecule has 0 aromatic heterocycles. The van der Waals surface area contributed by atoms with E-state index >= 15 is 0 Å². The molecule has 3 heteroatoms. The Morgan fingerprint density at radius 1 is 1.25 bits per heavy atom. The summed E-state index contributed by atoms with van der Waals surface area (Å²) in [4.78, 5) is 2.20. The number of benzene rings is 1. The smallest absolute Gasteiger partial charge is 0.0718 e. The fraction of sp³-hybridized carbons (Fsp3) is 0.529. The van der Waals surface area contributed by atoms with Crippen LogP contribution in [0.2, 0.25) is 0 Å². The molecule has 0 bridgehead atoms. The molecule has 110 valence electrons. The van der Waals surface area contributed by atoms with Gasteiger partial charge >= 0.3 is 0 Å². The fourth-order valence-electron chi connectivity index (χ4n) is 2.06. The molecule has 0 aliphatic carbocycles. The van der Waals surface area contributed by atoms with Crippen LogP contribution in [0.5, 0.6) is 0 Å². The van der Waals surface area contributed by atoms with Crippen LogP contribution in [0.25, 0.3) is 0 Å². The summed E-state index contributed by atoms with van der Waals surface area (Å²) in [6.45, 7) is 8.10. The Bertz CT molecular complexity index is 466. The second-order valence-electron chi connectivity index (χ2n) is 5.55. The van der Waals surface area contributed by atoms with Crippen molar-refractivity contribution in [2.24, 2.45) is 0 Å². The minimum Gasteiger partial charge on any atom is -0.395 e. The number of aliphatic hydroxyl groups excluding tert-OH is 1. The van der Waals surface area contributed by atoms with Crippen LogP contribution in [-0.2, 0) is 6.54 Å². The largest absolute Gasteiger partial charge is 0.395 e. The number of rotatable bonds is 6. The van der Waals surface area contributed by atoms with Gasteiger partial charge in [0.25, 0.3) is 0 Å². The third-order valence-electron chi connectivity index (χ3n) is 2.93. The summed E-state index contributed by atoms with van der Waals surface area (Å²) in [6.07, 6.45) is 0.496. The lowest BCUT2D eigenvalue weighted by atomic mass is 10.1. The predicted molar refractivity (Wildman–Crippen MR) is 82.3 cm³/mol. The Hall–Kier alpha value is -1.34. The Labute approximate surface area is 122 Å². The summed E-state index contributed by atoms with van der Waals surface area (Å²) < 4.78 is 0. The maximum atomic E-state index is 9.94. The number of nitrogens with zero attached hydrogens (tertiary/aromatic N) is 1. The summed E-state index contributed by atoms with van der Waals surface area (Å²) in [5, 5.41) is 18.7. The minimum atomic E-state index is -0.701. The summed E-state index contributed by atoms with van der Waals surface area (Å²) in [5.74, 6) is 6.07. The molecule has 20 heavy (non-hydrogen) atoms. The number of aliphatic hydroxyl groups is 2. The molecule has 0 saturated carbocycles. The zero-order valence-corrected chi connectivity index (χ0v) is 12.7. The quantitative estimate of drug-likeness (QED) is 0.781. The van der Waals surface area contributed by atoms with Crippen molar-refractivity contribution in [1.82, 2.24) is 4.90 Å². The summed E-state index contributed by atoms with van der Waals surface area (Å²) >= 11 is 0. The molecular weight excluding hydrogens is 250 g/mol. The van der Waals surface area contributed by atoms with Gasteiger partial charge < -0.3 is 10.2 Å². The Kier molecular flexibility index (Phi) is 6.74. The molecule has 1 aromatic carbocycles. The van der Waals surface area contributed by atoms with Gasteiger partial charge in [-0.25, -0.2) is 0 Å². The van der Waals surface area contributed by atoms with Crippen LogP contribution in [0.1, 0.15) is 38.3 Å². The fourth-order valence-corrected chi connectivity index (χ4v) is 2.06. The summed E-state index contributed by atoms with van der Waals surface area (Å²) in [6, 6.07) is 8.04. The minimum absolute atomic E-state index is 0.0922. The maximum absolute atomic E-state index is 9.94. The molecule has 3 nitrogen and oxygen atoms in total. The van der Waals surface area contributed by atoms with Crippen LogP contribution < -0.4 is 0 Å². The molecule has 0 amide bonds. The van der Waals surface area contributed by atoms with E-state index in [9.17, 15) is 5.11 Å². The average Bonchev–Trinajstić information content (AvgIpc) is 2.38. The first-order chi connectivity index (χ1) is 9.46. The van der Waals surface area contributed by atoms with E-state index in [-0.39, 0.29) is 6.61 Å². The summed E-state index contributed by atoms with van der Waals surface area (Å²) in [7, 11) is 0. The first-order valence-corrected chi connectivity index (χ1v) is 7.08. The van der Waals surface area contributed by atoms with Crippen LogP contribution in [0.3, 0.4) is 0 Å². The number of likely N-dealkylation sites (N-methyl/N-ethyl adjacent to an activating group) is 1. The molecule has 0 fully saturated rings. The Morgan fingerprint density at radius 2 is 1.95 bits per heavy atom. The second kappa shape index (κ2) is 8.06.